The van der Waals surface area contributed by atoms with Crippen molar-refractivity contribution < 1.29 is 14.3 Å². The molecule has 0 heterocycles. The summed E-state index contributed by atoms with van der Waals surface area (Å²) >= 11 is 12.4. The largest absolute Gasteiger partial charge is 0.483 e. The number of nitrogens with zero attached hydrogens (tertiary/aromatic N) is 1. The Morgan fingerprint density at radius 1 is 1.09 bits per heavy atom. The zero-order valence-corrected chi connectivity index (χ0v) is 21.8. The molecule has 0 aliphatic carbocycles. The third-order valence-electron chi connectivity index (χ3n) is 5.54. The van der Waals surface area contributed by atoms with Gasteiger partial charge >= 0.3 is 0 Å². The Kier molecular flexibility index (Phi) is 10.1. The van der Waals surface area contributed by atoms with Gasteiger partial charge in [-0.1, -0.05) is 56.1 Å². The van der Waals surface area contributed by atoms with Gasteiger partial charge in [0.05, 0.1) is 0 Å². The summed E-state index contributed by atoms with van der Waals surface area (Å²) in [4.78, 5) is 27.9. The van der Waals surface area contributed by atoms with E-state index in [0.717, 1.165) is 16.7 Å². The summed E-state index contributed by atoms with van der Waals surface area (Å²) in [6.45, 7) is 12.4. The summed E-state index contributed by atoms with van der Waals surface area (Å²) in [5, 5.41) is 3.91. The van der Waals surface area contributed by atoms with Crippen molar-refractivity contribution >= 4 is 35.0 Å². The number of halogens is 2. The van der Waals surface area contributed by atoms with Crippen LogP contribution < -0.4 is 10.1 Å². The Bertz CT molecular complexity index is 992. The lowest BCUT2D eigenvalue weighted by molar-refractivity contribution is -0.143. The van der Waals surface area contributed by atoms with Crippen LogP contribution in [0.25, 0.3) is 0 Å². The van der Waals surface area contributed by atoms with Crippen molar-refractivity contribution in [3.63, 3.8) is 0 Å². The fourth-order valence-corrected chi connectivity index (χ4v) is 4.02. The normalized spacial score (nSPS) is 11.9. The molecule has 33 heavy (non-hydrogen) atoms. The van der Waals surface area contributed by atoms with Gasteiger partial charge in [0.25, 0.3) is 5.91 Å². The van der Waals surface area contributed by atoms with E-state index >= 15 is 0 Å². The molecule has 7 heteroatoms. The molecule has 5 nitrogen and oxygen atoms in total. The Labute approximate surface area is 207 Å². The van der Waals surface area contributed by atoms with E-state index in [-0.39, 0.29) is 25.0 Å². The summed E-state index contributed by atoms with van der Waals surface area (Å²) in [5.41, 5.74) is 3.86. The zero-order valence-electron chi connectivity index (χ0n) is 20.3. The molecule has 180 valence electrons. The summed E-state index contributed by atoms with van der Waals surface area (Å²) < 4.78 is 5.92. The lowest BCUT2D eigenvalue weighted by Gasteiger charge is -2.31. The van der Waals surface area contributed by atoms with E-state index < -0.39 is 6.04 Å². The highest BCUT2D eigenvalue weighted by atomic mass is 35.5. The van der Waals surface area contributed by atoms with Crippen molar-refractivity contribution in [2.45, 2.75) is 60.5 Å². The Balaban J connectivity index is 2.29. The van der Waals surface area contributed by atoms with Crippen molar-refractivity contribution in [2.75, 3.05) is 13.2 Å². The molecule has 1 atom stereocenters. The van der Waals surface area contributed by atoms with Crippen molar-refractivity contribution in [2.24, 2.45) is 5.92 Å². The van der Waals surface area contributed by atoms with Crippen LogP contribution in [0.3, 0.4) is 0 Å². The molecular formula is C26H34Cl2N2O3. The highest BCUT2D eigenvalue weighted by molar-refractivity contribution is 6.35. The first-order valence-electron chi connectivity index (χ1n) is 11.2. The van der Waals surface area contributed by atoms with E-state index in [9.17, 15) is 9.59 Å². The predicted molar refractivity (Wildman–Crippen MR) is 135 cm³/mol. The first kappa shape index (κ1) is 27.0. The Morgan fingerprint density at radius 3 is 2.39 bits per heavy atom. The molecule has 2 aromatic rings. The number of nitrogens with one attached hydrogen (secondary N) is 1. The molecule has 2 aromatic carbocycles. The fraction of sp³-hybridized carbons (Fsp3) is 0.462. The standard InChI is InChI=1S/C26H34Cl2N2O3/c1-7-23(26(32)29-13-16(2)3)30(14-20-8-9-21(27)12-22(20)28)25(31)15-33-24-11-17(4)10-18(5)19(24)6/h8-12,16,23H,7,13-15H2,1-6H3,(H,29,32)/t23-/m1/s1. The second kappa shape index (κ2) is 12.3. The lowest BCUT2D eigenvalue weighted by Crippen LogP contribution is -2.50. The number of carbonyl (C=O) groups excluding carboxylic acids is 2. The quantitative estimate of drug-likeness (QED) is 0.450. The van der Waals surface area contributed by atoms with Crippen LogP contribution in [0, 0.1) is 26.7 Å². The van der Waals surface area contributed by atoms with Crippen LogP contribution in [0.1, 0.15) is 49.4 Å². The molecule has 0 aliphatic heterocycles. The topological polar surface area (TPSA) is 58.6 Å². The molecule has 0 spiro atoms. The summed E-state index contributed by atoms with van der Waals surface area (Å²) in [6, 6.07) is 8.48. The molecule has 2 amide bonds. The molecule has 0 bridgehead atoms. The zero-order chi connectivity index (χ0) is 24.7. The first-order chi connectivity index (χ1) is 15.5. The molecule has 0 fully saturated rings. The van der Waals surface area contributed by atoms with Crippen LogP contribution in [0.4, 0.5) is 0 Å². The van der Waals surface area contributed by atoms with Crippen LogP contribution in [-0.2, 0) is 16.1 Å². The lowest BCUT2D eigenvalue weighted by atomic mass is 10.1. The van der Waals surface area contributed by atoms with E-state index in [2.05, 4.69) is 11.4 Å². The van der Waals surface area contributed by atoms with Crippen LogP contribution in [0.5, 0.6) is 5.75 Å². The number of benzene rings is 2. The van der Waals surface area contributed by atoms with Gasteiger partial charge in [0.1, 0.15) is 11.8 Å². The number of carbonyl (C=O) groups is 2. The maximum Gasteiger partial charge on any atom is 0.261 e. The van der Waals surface area contributed by atoms with Crippen molar-refractivity contribution in [1.82, 2.24) is 10.2 Å². The van der Waals surface area contributed by atoms with Crippen LogP contribution >= 0.6 is 23.2 Å². The van der Waals surface area contributed by atoms with E-state index in [1.54, 1.807) is 23.1 Å². The predicted octanol–water partition coefficient (Wildman–Crippen LogP) is 5.88. The van der Waals surface area contributed by atoms with Crippen molar-refractivity contribution in [1.29, 1.82) is 0 Å². The van der Waals surface area contributed by atoms with Gasteiger partial charge in [-0.3, -0.25) is 9.59 Å². The van der Waals surface area contributed by atoms with E-state index in [1.165, 1.54) is 0 Å². The van der Waals surface area contributed by atoms with Gasteiger partial charge in [-0.15, -0.1) is 0 Å². The average molecular weight is 493 g/mol. The van der Waals surface area contributed by atoms with Crippen molar-refractivity contribution in [3.8, 4) is 5.75 Å². The SMILES string of the molecule is CC[C@H](C(=O)NCC(C)C)N(Cc1ccc(Cl)cc1Cl)C(=O)COc1cc(C)cc(C)c1C. The van der Waals surface area contributed by atoms with Gasteiger partial charge < -0.3 is 15.0 Å². The highest BCUT2D eigenvalue weighted by Gasteiger charge is 2.29. The van der Waals surface area contributed by atoms with E-state index in [1.807, 2.05) is 47.6 Å². The minimum atomic E-state index is -0.646. The molecule has 0 saturated heterocycles. The van der Waals surface area contributed by atoms with Gasteiger partial charge in [-0.2, -0.15) is 0 Å². The molecule has 0 unspecified atom stereocenters. The van der Waals surface area contributed by atoms with Crippen molar-refractivity contribution in [3.05, 3.63) is 62.6 Å². The number of amides is 2. The molecule has 0 aliphatic rings. The monoisotopic (exact) mass is 492 g/mol. The van der Waals surface area contributed by atoms with E-state index in [4.69, 9.17) is 27.9 Å². The first-order valence-corrected chi connectivity index (χ1v) is 12.0. The second-order valence-corrected chi connectivity index (χ2v) is 9.66. The van der Waals surface area contributed by atoms with Crippen LogP contribution in [-0.4, -0.2) is 35.9 Å². The maximum atomic E-state index is 13.4. The molecule has 0 aromatic heterocycles. The van der Waals surface area contributed by atoms with Gasteiger partial charge in [0, 0.05) is 23.1 Å². The molecule has 0 radical (unpaired) electrons. The molecular weight excluding hydrogens is 459 g/mol. The smallest absolute Gasteiger partial charge is 0.261 e. The summed E-state index contributed by atoms with van der Waals surface area (Å²) in [5.74, 6) is 0.498. The minimum Gasteiger partial charge on any atom is -0.483 e. The average Bonchev–Trinajstić information content (AvgIpc) is 2.74. The second-order valence-electron chi connectivity index (χ2n) is 8.81. The summed E-state index contributed by atoms with van der Waals surface area (Å²) in [6.07, 6.45) is 0.462. The number of hydrogen-bond acceptors (Lipinski definition) is 3. The van der Waals surface area contributed by atoms with Crippen LogP contribution in [0.15, 0.2) is 30.3 Å². The highest BCUT2D eigenvalue weighted by Crippen LogP contribution is 2.25. The molecule has 0 saturated carbocycles. The maximum absolute atomic E-state index is 13.4. The third kappa shape index (κ3) is 7.65. The van der Waals surface area contributed by atoms with Crippen LogP contribution in [0.2, 0.25) is 10.0 Å². The summed E-state index contributed by atoms with van der Waals surface area (Å²) in [7, 11) is 0. The number of rotatable bonds is 10. The fourth-order valence-electron chi connectivity index (χ4n) is 3.55. The molecule has 1 N–H and O–H groups in total. The number of aryl methyl sites for hydroxylation is 2. The number of hydrogen-bond donors (Lipinski definition) is 1. The third-order valence-corrected chi connectivity index (χ3v) is 6.13. The van der Waals surface area contributed by atoms with Gasteiger partial charge in [0.15, 0.2) is 6.61 Å². The number of ether oxygens (including phenoxy) is 1. The van der Waals surface area contributed by atoms with Gasteiger partial charge in [-0.05, 0) is 73.6 Å². The Morgan fingerprint density at radius 2 is 1.79 bits per heavy atom. The molecule has 2 rings (SSSR count). The minimum absolute atomic E-state index is 0.178. The van der Waals surface area contributed by atoms with Gasteiger partial charge in [0.2, 0.25) is 5.91 Å². The van der Waals surface area contributed by atoms with E-state index in [0.29, 0.717) is 40.2 Å². The Hall–Kier alpha value is -2.24. The van der Waals surface area contributed by atoms with Gasteiger partial charge in [-0.25, -0.2) is 0 Å².